The third-order valence-corrected chi connectivity index (χ3v) is 6.73. The van der Waals surface area contributed by atoms with Crippen LogP contribution in [0.5, 0.6) is 17.2 Å². The Morgan fingerprint density at radius 1 is 1.05 bits per heavy atom. The summed E-state index contributed by atoms with van der Waals surface area (Å²) < 4.78 is 11.1. The predicted molar refractivity (Wildman–Crippen MR) is 143 cm³/mol. The van der Waals surface area contributed by atoms with Gasteiger partial charge in [0.2, 0.25) is 0 Å². The lowest BCUT2D eigenvalue weighted by molar-refractivity contribution is -0.143. The lowest BCUT2D eigenvalue weighted by atomic mass is 9.79. The summed E-state index contributed by atoms with van der Waals surface area (Å²) >= 11 is 0. The normalized spacial score (nSPS) is 15.0. The first-order valence-corrected chi connectivity index (χ1v) is 12.6. The van der Waals surface area contributed by atoms with Crippen LogP contribution in [0.2, 0.25) is 0 Å². The van der Waals surface area contributed by atoms with Crippen LogP contribution in [0, 0.1) is 5.41 Å². The summed E-state index contributed by atoms with van der Waals surface area (Å²) in [4.78, 5) is 31.6. The summed E-state index contributed by atoms with van der Waals surface area (Å²) in [7, 11) is 1.61. The summed E-state index contributed by atoms with van der Waals surface area (Å²) in [5.41, 5.74) is 3.96. The Morgan fingerprint density at radius 2 is 1.81 bits per heavy atom. The second kappa shape index (κ2) is 10.6. The van der Waals surface area contributed by atoms with E-state index in [1.165, 1.54) is 29.5 Å². The van der Waals surface area contributed by atoms with Crippen LogP contribution in [0.25, 0.3) is 0 Å². The van der Waals surface area contributed by atoms with Crippen LogP contribution in [0.15, 0.2) is 54.7 Å². The van der Waals surface area contributed by atoms with Gasteiger partial charge in [-0.1, -0.05) is 12.1 Å². The average molecular weight is 503 g/mol. The topological polar surface area (TPSA) is 89.0 Å². The van der Waals surface area contributed by atoms with Crippen LogP contribution in [0.4, 0.5) is 5.69 Å². The zero-order valence-corrected chi connectivity index (χ0v) is 22.1. The van der Waals surface area contributed by atoms with Crippen molar-refractivity contribution in [3.8, 4) is 17.2 Å². The number of esters is 1. The van der Waals surface area contributed by atoms with Crippen LogP contribution in [-0.2, 0) is 17.6 Å². The molecule has 1 heterocycles. The highest BCUT2D eigenvalue weighted by Crippen LogP contribution is 2.40. The summed E-state index contributed by atoms with van der Waals surface area (Å²) in [6.07, 6.45) is 3.82. The molecule has 1 unspecified atom stereocenters. The Hall–Kier alpha value is -3.87. The number of aromatic hydroxyl groups is 1. The van der Waals surface area contributed by atoms with Gasteiger partial charge >= 0.3 is 5.97 Å². The number of anilines is 1. The number of nitrogens with zero attached hydrogens (tertiary/aromatic N) is 2. The molecular weight excluding hydrogens is 468 g/mol. The van der Waals surface area contributed by atoms with E-state index in [2.05, 4.69) is 4.98 Å². The fourth-order valence-electron chi connectivity index (χ4n) is 4.62. The van der Waals surface area contributed by atoms with Gasteiger partial charge in [0.25, 0.3) is 5.91 Å². The van der Waals surface area contributed by atoms with Crippen molar-refractivity contribution in [2.75, 3.05) is 18.6 Å². The van der Waals surface area contributed by atoms with E-state index in [0.29, 0.717) is 18.0 Å². The summed E-state index contributed by atoms with van der Waals surface area (Å²) in [6, 6.07) is 14.7. The first kappa shape index (κ1) is 26.2. The second-order valence-corrected chi connectivity index (χ2v) is 10.4. The van der Waals surface area contributed by atoms with E-state index in [4.69, 9.17) is 9.47 Å². The molecular formula is C30H34N2O5. The van der Waals surface area contributed by atoms with Crippen molar-refractivity contribution in [3.05, 3.63) is 77.1 Å². The molecule has 2 aromatic carbocycles. The molecule has 37 heavy (non-hydrogen) atoms. The number of rotatable bonds is 6. The van der Waals surface area contributed by atoms with E-state index in [9.17, 15) is 14.7 Å². The Balaban J connectivity index is 1.63. The molecule has 1 amide bonds. The summed E-state index contributed by atoms with van der Waals surface area (Å²) in [5, 5.41) is 9.58. The molecule has 1 aliphatic rings. The van der Waals surface area contributed by atoms with E-state index in [-0.39, 0.29) is 29.2 Å². The molecule has 0 spiro atoms. The van der Waals surface area contributed by atoms with E-state index >= 15 is 0 Å². The van der Waals surface area contributed by atoms with Gasteiger partial charge in [-0.2, -0.15) is 0 Å². The Kier molecular flexibility index (Phi) is 7.52. The first-order valence-electron chi connectivity index (χ1n) is 12.6. The quantitative estimate of drug-likeness (QED) is 0.344. The minimum absolute atomic E-state index is 0.0128. The lowest BCUT2D eigenvalue weighted by Gasteiger charge is -2.31. The van der Waals surface area contributed by atoms with Crippen LogP contribution in [-0.4, -0.2) is 35.6 Å². The zero-order chi connectivity index (χ0) is 26.7. The number of amides is 1. The number of ether oxygens (including phenoxy) is 2. The fourth-order valence-corrected chi connectivity index (χ4v) is 4.62. The third-order valence-electron chi connectivity index (χ3n) is 6.73. The monoisotopic (exact) mass is 502 g/mol. The number of aryl methyl sites for hydroxylation is 1. The molecule has 4 rings (SSSR count). The van der Waals surface area contributed by atoms with Crippen molar-refractivity contribution in [3.63, 3.8) is 0 Å². The van der Waals surface area contributed by atoms with Crippen LogP contribution < -0.4 is 14.4 Å². The van der Waals surface area contributed by atoms with Crippen LogP contribution in [0.1, 0.15) is 67.2 Å². The van der Waals surface area contributed by atoms with Crippen molar-refractivity contribution in [1.29, 1.82) is 0 Å². The minimum atomic E-state index is -0.565. The number of benzene rings is 2. The minimum Gasteiger partial charge on any atom is -0.506 e. The van der Waals surface area contributed by atoms with Crippen LogP contribution >= 0.6 is 0 Å². The third kappa shape index (κ3) is 5.77. The number of carbonyl (C=O) groups is 2. The maximum Gasteiger partial charge on any atom is 0.316 e. The molecule has 1 aliphatic carbocycles. The Bertz CT molecular complexity index is 1290. The molecule has 3 aromatic rings. The molecule has 0 aliphatic heterocycles. The predicted octanol–water partition coefficient (Wildman–Crippen LogP) is 5.69. The van der Waals surface area contributed by atoms with Crippen molar-refractivity contribution in [2.45, 2.75) is 52.9 Å². The van der Waals surface area contributed by atoms with Crippen molar-refractivity contribution in [2.24, 2.45) is 5.41 Å². The maximum atomic E-state index is 13.4. The van der Waals surface area contributed by atoms with Gasteiger partial charge in [-0.25, -0.2) is 4.98 Å². The Labute approximate surface area is 218 Å². The molecule has 0 radical (unpaired) electrons. The number of methoxy groups -OCH3 is 1. The molecule has 0 saturated carbocycles. The van der Waals surface area contributed by atoms with Crippen molar-refractivity contribution in [1.82, 2.24) is 4.98 Å². The number of carbonyl (C=O) groups excluding carboxylic acids is 2. The Morgan fingerprint density at radius 3 is 2.46 bits per heavy atom. The van der Waals surface area contributed by atoms with Gasteiger partial charge in [0.05, 0.1) is 24.4 Å². The van der Waals surface area contributed by atoms with Gasteiger partial charge in [-0.3, -0.25) is 9.59 Å². The number of aromatic nitrogens is 1. The largest absolute Gasteiger partial charge is 0.506 e. The average Bonchev–Trinajstić information content (AvgIpc) is 2.88. The smallest absolute Gasteiger partial charge is 0.316 e. The standard InChI is InChI=1S/C30H34N2O5/c1-6-32(28(34)26-14-10-22(33)18-31-26)27-17-23(36-5)12-13-25(27)21-8-7-20-16-24(11-9-19(20)15-21)37-29(35)30(2,3)4/h9-14,16-18,21,33H,6-8,15H2,1-5H3. The molecule has 7 nitrogen and oxygen atoms in total. The zero-order valence-electron chi connectivity index (χ0n) is 22.1. The molecule has 194 valence electrons. The lowest BCUT2D eigenvalue weighted by Crippen LogP contribution is -2.32. The summed E-state index contributed by atoms with van der Waals surface area (Å²) in [5.74, 6) is 0.969. The van der Waals surface area contributed by atoms with Gasteiger partial charge in [-0.05, 0) is 99.9 Å². The first-order chi connectivity index (χ1) is 17.6. The van der Waals surface area contributed by atoms with Crippen molar-refractivity contribution < 1.29 is 24.2 Å². The second-order valence-electron chi connectivity index (χ2n) is 10.4. The SMILES string of the molecule is CCN(C(=O)c1ccc(O)cn1)c1cc(OC)ccc1C1CCc2cc(OC(=O)C(C)(C)C)ccc2C1. The fraction of sp³-hybridized carbons (Fsp3) is 0.367. The van der Waals surface area contributed by atoms with Gasteiger partial charge in [0, 0.05) is 12.6 Å². The molecule has 0 fully saturated rings. The van der Waals surface area contributed by atoms with E-state index in [1.54, 1.807) is 12.0 Å². The van der Waals surface area contributed by atoms with Gasteiger partial charge in [0.1, 0.15) is 22.9 Å². The maximum absolute atomic E-state index is 13.4. The highest BCUT2D eigenvalue weighted by molar-refractivity contribution is 6.05. The number of pyridine rings is 1. The van der Waals surface area contributed by atoms with E-state index in [0.717, 1.165) is 30.5 Å². The number of hydrogen-bond donors (Lipinski definition) is 1. The molecule has 0 saturated heterocycles. The van der Waals surface area contributed by atoms with Gasteiger partial charge in [0.15, 0.2) is 0 Å². The molecule has 0 bridgehead atoms. The number of fused-ring (bicyclic) bond motifs is 1. The van der Waals surface area contributed by atoms with Gasteiger partial charge in [-0.15, -0.1) is 0 Å². The highest BCUT2D eigenvalue weighted by atomic mass is 16.5. The molecule has 7 heteroatoms. The van der Waals surface area contributed by atoms with Crippen LogP contribution in [0.3, 0.4) is 0 Å². The van der Waals surface area contributed by atoms with Gasteiger partial charge < -0.3 is 19.5 Å². The molecule has 1 aromatic heterocycles. The van der Waals surface area contributed by atoms with E-state index in [1.807, 2.05) is 64.1 Å². The molecule has 1 N–H and O–H groups in total. The number of hydrogen-bond acceptors (Lipinski definition) is 6. The highest BCUT2D eigenvalue weighted by Gasteiger charge is 2.28. The molecule has 1 atom stereocenters. The van der Waals surface area contributed by atoms with Crippen molar-refractivity contribution >= 4 is 17.6 Å². The summed E-state index contributed by atoms with van der Waals surface area (Å²) in [6.45, 7) is 7.90. The van der Waals surface area contributed by atoms with E-state index < -0.39 is 5.41 Å².